The number of carbonyl (C=O) groups is 2. The Hall–Kier alpha value is -4.69. The highest BCUT2D eigenvalue weighted by atomic mass is 16.5. The standard InChI is InChI=1S/C36H41N5O3/c1-27-15-20-40(21-16-27)34-14-13-30(23-33(34)39-35(42)26-44-32-11-3-2-4-12-32)29-9-5-8-28(22-29)25-41(19-7-17-37)36(43)31-10-6-18-38-24-31/h2-6,8-14,18,22-24,27H,7,15-17,19-21,25-26,37H2,1H3,(H,39,42). The quantitative estimate of drug-likeness (QED) is 0.210. The molecule has 44 heavy (non-hydrogen) atoms. The van der Waals surface area contributed by atoms with Gasteiger partial charge in [0.25, 0.3) is 11.8 Å². The van der Waals surface area contributed by atoms with Gasteiger partial charge in [-0.25, -0.2) is 0 Å². The van der Waals surface area contributed by atoms with Gasteiger partial charge in [-0.2, -0.15) is 0 Å². The van der Waals surface area contributed by atoms with Crippen LogP contribution in [0, 0.1) is 5.92 Å². The molecule has 0 spiro atoms. The zero-order valence-electron chi connectivity index (χ0n) is 25.3. The molecule has 2 amide bonds. The Balaban J connectivity index is 1.38. The first-order chi connectivity index (χ1) is 21.5. The van der Waals surface area contributed by atoms with Crippen LogP contribution >= 0.6 is 0 Å². The van der Waals surface area contributed by atoms with Crippen LogP contribution in [-0.4, -0.2) is 54.5 Å². The fourth-order valence-corrected chi connectivity index (χ4v) is 5.47. The lowest BCUT2D eigenvalue weighted by atomic mass is 9.97. The van der Waals surface area contributed by atoms with Gasteiger partial charge < -0.3 is 25.6 Å². The average molecular weight is 592 g/mol. The normalized spacial score (nSPS) is 13.4. The van der Waals surface area contributed by atoms with E-state index < -0.39 is 0 Å². The number of piperidine rings is 1. The molecular weight excluding hydrogens is 550 g/mol. The first-order valence-corrected chi connectivity index (χ1v) is 15.4. The molecule has 5 rings (SSSR count). The van der Waals surface area contributed by atoms with Crippen LogP contribution < -0.4 is 20.7 Å². The molecule has 8 heteroatoms. The number of nitrogens with one attached hydrogen (secondary N) is 1. The molecule has 3 aromatic carbocycles. The van der Waals surface area contributed by atoms with Crippen LogP contribution in [0.15, 0.2) is 97.3 Å². The highest BCUT2D eigenvalue weighted by Crippen LogP contribution is 2.34. The zero-order chi connectivity index (χ0) is 30.7. The Kier molecular flexibility index (Phi) is 10.6. The summed E-state index contributed by atoms with van der Waals surface area (Å²) in [6, 6.07) is 27.3. The third-order valence-electron chi connectivity index (χ3n) is 7.97. The van der Waals surface area contributed by atoms with Crippen molar-refractivity contribution in [3.63, 3.8) is 0 Å². The minimum absolute atomic E-state index is 0.0696. The number of benzene rings is 3. The van der Waals surface area contributed by atoms with Crippen molar-refractivity contribution in [3.8, 4) is 16.9 Å². The van der Waals surface area contributed by atoms with Crippen LogP contribution in [0.2, 0.25) is 0 Å². The number of nitrogens with zero attached hydrogens (tertiary/aromatic N) is 3. The summed E-state index contributed by atoms with van der Waals surface area (Å²) in [4.78, 5) is 34.6. The molecule has 1 fully saturated rings. The van der Waals surface area contributed by atoms with Crippen molar-refractivity contribution in [3.05, 3.63) is 108 Å². The molecule has 4 aromatic rings. The molecule has 0 radical (unpaired) electrons. The Morgan fingerprint density at radius 1 is 0.977 bits per heavy atom. The molecule has 0 saturated carbocycles. The second-order valence-corrected chi connectivity index (χ2v) is 11.4. The lowest BCUT2D eigenvalue weighted by Gasteiger charge is -2.33. The zero-order valence-corrected chi connectivity index (χ0v) is 25.3. The Labute approximate surface area is 259 Å². The van der Waals surface area contributed by atoms with Gasteiger partial charge in [0.1, 0.15) is 5.75 Å². The van der Waals surface area contributed by atoms with Gasteiger partial charge >= 0.3 is 0 Å². The largest absolute Gasteiger partial charge is 0.484 e. The molecule has 0 unspecified atom stereocenters. The van der Waals surface area contributed by atoms with Gasteiger partial charge in [0.2, 0.25) is 0 Å². The number of hydrogen-bond acceptors (Lipinski definition) is 6. The second kappa shape index (κ2) is 15.2. The van der Waals surface area contributed by atoms with Crippen LogP contribution in [0.4, 0.5) is 11.4 Å². The minimum atomic E-state index is -0.212. The number of pyridine rings is 1. The molecular formula is C36H41N5O3. The Morgan fingerprint density at radius 3 is 2.52 bits per heavy atom. The number of carbonyl (C=O) groups excluding carboxylic acids is 2. The summed E-state index contributed by atoms with van der Waals surface area (Å²) in [7, 11) is 0. The summed E-state index contributed by atoms with van der Waals surface area (Å²) < 4.78 is 5.72. The SMILES string of the molecule is CC1CCN(c2ccc(-c3cccc(CN(CCCN)C(=O)c4cccnc4)c3)cc2NC(=O)COc2ccccc2)CC1. The molecule has 1 aliphatic heterocycles. The van der Waals surface area contributed by atoms with Crippen molar-refractivity contribution in [1.29, 1.82) is 0 Å². The van der Waals surface area contributed by atoms with Crippen LogP contribution in [-0.2, 0) is 11.3 Å². The van der Waals surface area contributed by atoms with E-state index in [1.54, 1.807) is 24.5 Å². The molecule has 1 aromatic heterocycles. The third kappa shape index (κ3) is 8.23. The van der Waals surface area contributed by atoms with E-state index in [1.165, 1.54) is 0 Å². The van der Waals surface area contributed by atoms with Gasteiger partial charge in [0.05, 0.1) is 16.9 Å². The van der Waals surface area contributed by atoms with Crippen molar-refractivity contribution >= 4 is 23.2 Å². The Morgan fingerprint density at radius 2 is 1.77 bits per heavy atom. The lowest BCUT2D eigenvalue weighted by Crippen LogP contribution is -2.33. The van der Waals surface area contributed by atoms with Crippen LogP contribution in [0.3, 0.4) is 0 Å². The van der Waals surface area contributed by atoms with Crippen molar-refractivity contribution in [2.24, 2.45) is 11.7 Å². The fourth-order valence-electron chi connectivity index (χ4n) is 5.47. The van der Waals surface area contributed by atoms with E-state index in [0.29, 0.717) is 43.3 Å². The molecule has 0 aliphatic carbocycles. The van der Waals surface area contributed by atoms with E-state index in [-0.39, 0.29) is 18.4 Å². The van der Waals surface area contributed by atoms with Gasteiger partial charge in [-0.15, -0.1) is 0 Å². The molecule has 2 heterocycles. The topological polar surface area (TPSA) is 101 Å². The first kappa shape index (κ1) is 30.8. The van der Waals surface area contributed by atoms with E-state index in [4.69, 9.17) is 10.5 Å². The summed E-state index contributed by atoms with van der Waals surface area (Å²) in [6.07, 6.45) is 6.20. The van der Waals surface area contributed by atoms with Gasteiger partial charge in [-0.05, 0) is 90.9 Å². The van der Waals surface area contributed by atoms with Gasteiger partial charge in [-0.1, -0.05) is 49.4 Å². The summed E-state index contributed by atoms with van der Waals surface area (Å²) in [5.74, 6) is 1.07. The molecule has 0 bridgehead atoms. The number of rotatable bonds is 12. The lowest BCUT2D eigenvalue weighted by molar-refractivity contribution is -0.118. The third-order valence-corrected chi connectivity index (χ3v) is 7.97. The van der Waals surface area contributed by atoms with Crippen LogP contribution in [0.5, 0.6) is 5.75 Å². The van der Waals surface area contributed by atoms with E-state index in [1.807, 2.05) is 53.4 Å². The van der Waals surface area contributed by atoms with Crippen LogP contribution in [0.1, 0.15) is 42.1 Å². The molecule has 1 aliphatic rings. The Bertz CT molecular complexity index is 1520. The van der Waals surface area contributed by atoms with Gasteiger partial charge in [-0.3, -0.25) is 14.6 Å². The molecule has 228 valence electrons. The monoisotopic (exact) mass is 591 g/mol. The van der Waals surface area contributed by atoms with E-state index in [2.05, 4.69) is 46.4 Å². The highest BCUT2D eigenvalue weighted by Gasteiger charge is 2.21. The van der Waals surface area contributed by atoms with Crippen molar-refractivity contribution in [2.75, 3.05) is 43.0 Å². The van der Waals surface area contributed by atoms with E-state index >= 15 is 0 Å². The molecule has 8 nitrogen and oxygen atoms in total. The van der Waals surface area contributed by atoms with E-state index in [0.717, 1.165) is 54.0 Å². The van der Waals surface area contributed by atoms with Crippen LogP contribution in [0.25, 0.3) is 11.1 Å². The van der Waals surface area contributed by atoms with Crippen molar-refractivity contribution in [2.45, 2.75) is 32.7 Å². The van der Waals surface area contributed by atoms with Crippen molar-refractivity contribution < 1.29 is 14.3 Å². The number of aromatic nitrogens is 1. The van der Waals surface area contributed by atoms with Crippen molar-refractivity contribution in [1.82, 2.24) is 9.88 Å². The maximum atomic E-state index is 13.3. The smallest absolute Gasteiger partial charge is 0.262 e. The molecule has 3 N–H and O–H groups in total. The maximum Gasteiger partial charge on any atom is 0.262 e. The molecule has 1 saturated heterocycles. The molecule has 0 atom stereocenters. The highest BCUT2D eigenvalue weighted by molar-refractivity contribution is 5.96. The predicted molar refractivity (Wildman–Crippen MR) is 176 cm³/mol. The fraction of sp³-hybridized carbons (Fsp3) is 0.306. The number of hydrogen-bond donors (Lipinski definition) is 2. The number of para-hydroxylation sites is 1. The summed E-state index contributed by atoms with van der Waals surface area (Å²) in [6.45, 7) is 5.61. The number of amides is 2. The number of ether oxygens (including phenoxy) is 1. The first-order valence-electron chi connectivity index (χ1n) is 15.4. The average Bonchev–Trinajstić information content (AvgIpc) is 3.07. The summed E-state index contributed by atoms with van der Waals surface area (Å²) >= 11 is 0. The van der Waals surface area contributed by atoms with Gasteiger partial charge in [0.15, 0.2) is 6.61 Å². The number of nitrogens with two attached hydrogens (primary N) is 1. The predicted octanol–water partition coefficient (Wildman–Crippen LogP) is 5.99. The van der Waals surface area contributed by atoms with E-state index in [9.17, 15) is 9.59 Å². The number of anilines is 2. The minimum Gasteiger partial charge on any atom is -0.484 e. The second-order valence-electron chi connectivity index (χ2n) is 11.4. The maximum absolute atomic E-state index is 13.3. The summed E-state index contributed by atoms with van der Waals surface area (Å²) in [5.41, 5.74) is 11.1. The summed E-state index contributed by atoms with van der Waals surface area (Å²) in [5, 5.41) is 3.13. The van der Waals surface area contributed by atoms with Gasteiger partial charge in [0, 0.05) is 38.6 Å².